The van der Waals surface area contributed by atoms with Gasteiger partial charge in [0, 0.05) is 18.5 Å². The molecular formula is C14H18N4O2. The number of benzene rings is 1. The lowest BCUT2D eigenvalue weighted by Gasteiger charge is -2.10. The van der Waals surface area contributed by atoms with Gasteiger partial charge < -0.3 is 10.6 Å². The van der Waals surface area contributed by atoms with Gasteiger partial charge in [0.05, 0.1) is 10.4 Å². The summed E-state index contributed by atoms with van der Waals surface area (Å²) in [7, 11) is 0. The van der Waals surface area contributed by atoms with Gasteiger partial charge in [0.25, 0.3) is 0 Å². The third-order valence-corrected chi connectivity index (χ3v) is 2.98. The van der Waals surface area contributed by atoms with E-state index >= 15 is 0 Å². The van der Waals surface area contributed by atoms with Crippen LogP contribution >= 0.6 is 0 Å². The van der Waals surface area contributed by atoms with E-state index in [1.807, 2.05) is 24.3 Å². The summed E-state index contributed by atoms with van der Waals surface area (Å²) in [6.45, 7) is 4.44. The highest BCUT2D eigenvalue weighted by molar-refractivity contribution is 5.95. The van der Waals surface area contributed by atoms with Crippen LogP contribution in [0.2, 0.25) is 0 Å². The molecule has 1 heterocycles. The fourth-order valence-corrected chi connectivity index (χ4v) is 2.03. The summed E-state index contributed by atoms with van der Waals surface area (Å²) in [4.78, 5) is 14.8. The van der Waals surface area contributed by atoms with Crippen molar-refractivity contribution in [1.29, 1.82) is 0 Å². The van der Waals surface area contributed by atoms with Gasteiger partial charge in [-0.05, 0) is 19.0 Å². The minimum Gasteiger partial charge on any atom is -0.378 e. The minimum absolute atomic E-state index is 0.0131. The molecule has 0 amide bonds. The van der Waals surface area contributed by atoms with Crippen molar-refractivity contribution in [3.05, 3.63) is 40.6 Å². The predicted molar refractivity (Wildman–Crippen MR) is 80.0 cm³/mol. The molecule has 0 atom stereocenters. The number of rotatable bonds is 7. The van der Waals surface area contributed by atoms with Crippen molar-refractivity contribution >= 4 is 22.3 Å². The van der Waals surface area contributed by atoms with Gasteiger partial charge in [0.2, 0.25) is 0 Å². The first-order chi connectivity index (χ1) is 9.74. The summed E-state index contributed by atoms with van der Waals surface area (Å²) in [6, 6.07) is 7.42. The maximum absolute atomic E-state index is 11.1. The molecule has 0 aliphatic carbocycles. The van der Waals surface area contributed by atoms with Crippen molar-refractivity contribution in [2.75, 3.05) is 25.0 Å². The number of pyridine rings is 1. The second kappa shape index (κ2) is 6.81. The Morgan fingerprint density at radius 3 is 2.80 bits per heavy atom. The Hall–Kier alpha value is -2.21. The van der Waals surface area contributed by atoms with Gasteiger partial charge in [0.15, 0.2) is 0 Å². The third-order valence-electron chi connectivity index (χ3n) is 2.98. The van der Waals surface area contributed by atoms with Gasteiger partial charge in [-0.3, -0.25) is 10.1 Å². The molecule has 0 radical (unpaired) electrons. The molecule has 6 nitrogen and oxygen atoms in total. The zero-order valence-electron chi connectivity index (χ0n) is 11.4. The summed E-state index contributed by atoms with van der Waals surface area (Å²) in [6.07, 6.45) is 2.38. The molecule has 2 N–H and O–H groups in total. The van der Waals surface area contributed by atoms with Crippen LogP contribution in [0.25, 0.3) is 10.9 Å². The lowest BCUT2D eigenvalue weighted by Crippen LogP contribution is -2.23. The van der Waals surface area contributed by atoms with Crippen LogP contribution in [0.15, 0.2) is 30.5 Å². The van der Waals surface area contributed by atoms with E-state index in [1.54, 1.807) is 0 Å². The first-order valence-corrected chi connectivity index (χ1v) is 6.70. The first-order valence-electron chi connectivity index (χ1n) is 6.70. The molecule has 0 fully saturated rings. The van der Waals surface area contributed by atoms with E-state index < -0.39 is 4.92 Å². The Labute approximate surface area is 117 Å². The standard InChI is InChI=1S/C14H18N4O2/c1-2-7-15-8-9-16-14-11-5-3-4-6-12(11)17-10-13(14)18(19)20/h3-6,10,15H,2,7-9H2,1H3,(H,16,17). The first kappa shape index (κ1) is 14.2. The molecule has 0 aliphatic heterocycles. The number of nitro groups is 1. The van der Waals surface area contributed by atoms with Crippen LogP contribution in [-0.2, 0) is 0 Å². The Kier molecular flexibility index (Phi) is 4.84. The fraction of sp³-hybridized carbons (Fsp3) is 0.357. The smallest absolute Gasteiger partial charge is 0.311 e. The molecule has 0 bridgehead atoms. The summed E-state index contributed by atoms with van der Waals surface area (Å²) < 4.78 is 0. The molecule has 0 saturated heterocycles. The number of hydrogen-bond donors (Lipinski definition) is 2. The molecule has 1 aromatic carbocycles. The monoisotopic (exact) mass is 274 g/mol. The van der Waals surface area contributed by atoms with E-state index in [2.05, 4.69) is 22.5 Å². The maximum atomic E-state index is 11.1. The zero-order valence-corrected chi connectivity index (χ0v) is 11.4. The number of para-hydroxylation sites is 1. The summed E-state index contributed by atoms with van der Waals surface area (Å²) in [5.41, 5.74) is 1.31. The summed E-state index contributed by atoms with van der Waals surface area (Å²) in [5, 5.41) is 18.3. The van der Waals surface area contributed by atoms with Crippen molar-refractivity contribution in [2.24, 2.45) is 0 Å². The van der Waals surface area contributed by atoms with Gasteiger partial charge in [0.1, 0.15) is 11.9 Å². The molecule has 0 spiro atoms. The summed E-state index contributed by atoms with van der Waals surface area (Å²) in [5.74, 6) is 0. The number of aromatic nitrogens is 1. The van der Waals surface area contributed by atoms with Crippen LogP contribution in [0.4, 0.5) is 11.4 Å². The molecule has 6 heteroatoms. The number of anilines is 1. The average molecular weight is 274 g/mol. The van der Waals surface area contributed by atoms with E-state index in [4.69, 9.17) is 0 Å². The minimum atomic E-state index is -0.402. The van der Waals surface area contributed by atoms with Crippen molar-refractivity contribution in [3.8, 4) is 0 Å². The van der Waals surface area contributed by atoms with E-state index in [1.165, 1.54) is 6.20 Å². The molecule has 20 heavy (non-hydrogen) atoms. The molecule has 0 unspecified atom stereocenters. The fourth-order valence-electron chi connectivity index (χ4n) is 2.03. The van der Waals surface area contributed by atoms with Crippen molar-refractivity contribution < 1.29 is 4.92 Å². The lowest BCUT2D eigenvalue weighted by molar-refractivity contribution is -0.384. The number of hydrogen-bond acceptors (Lipinski definition) is 5. The number of nitrogens with zero attached hydrogens (tertiary/aromatic N) is 2. The van der Waals surface area contributed by atoms with Crippen molar-refractivity contribution in [3.63, 3.8) is 0 Å². The van der Waals surface area contributed by atoms with Crippen molar-refractivity contribution in [1.82, 2.24) is 10.3 Å². The van der Waals surface area contributed by atoms with Gasteiger partial charge >= 0.3 is 5.69 Å². The van der Waals surface area contributed by atoms with Crippen molar-refractivity contribution in [2.45, 2.75) is 13.3 Å². The predicted octanol–water partition coefficient (Wildman–Crippen LogP) is 2.55. The molecule has 2 aromatic rings. The molecule has 1 aromatic heterocycles. The molecule has 0 saturated carbocycles. The van der Waals surface area contributed by atoms with Crippen LogP contribution in [0.5, 0.6) is 0 Å². The van der Waals surface area contributed by atoms with E-state index in [0.29, 0.717) is 12.2 Å². The van der Waals surface area contributed by atoms with E-state index in [0.717, 1.165) is 30.4 Å². The van der Waals surface area contributed by atoms with Crippen LogP contribution in [0.3, 0.4) is 0 Å². The van der Waals surface area contributed by atoms with Gasteiger partial charge in [-0.25, -0.2) is 4.98 Å². The SMILES string of the molecule is CCCNCCNc1c([N+](=O)[O-])cnc2ccccc12. The average Bonchev–Trinajstić information content (AvgIpc) is 2.46. The molecule has 2 rings (SSSR count). The Bertz CT molecular complexity index is 601. The quantitative estimate of drug-likeness (QED) is 0.461. The third kappa shape index (κ3) is 3.21. The maximum Gasteiger partial charge on any atom is 0.311 e. The van der Waals surface area contributed by atoms with Gasteiger partial charge in [-0.1, -0.05) is 25.1 Å². The Morgan fingerprint density at radius 2 is 2.05 bits per heavy atom. The van der Waals surface area contributed by atoms with E-state index in [9.17, 15) is 10.1 Å². The highest BCUT2D eigenvalue weighted by Gasteiger charge is 2.17. The topological polar surface area (TPSA) is 80.1 Å². The Balaban J connectivity index is 2.23. The largest absolute Gasteiger partial charge is 0.378 e. The zero-order chi connectivity index (χ0) is 14.4. The van der Waals surface area contributed by atoms with Crippen LogP contribution in [0.1, 0.15) is 13.3 Å². The molecule has 0 aliphatic rings. The van der Waals surface area contributed by atoms with Gasteiger partial charge in [-0.15, -0.1) is 0 Å². The lowest BCUT2D eigenvalue weighted by atomic mass is 10.1. The van der Waals surface area contributed by atoms with Crippen LogP contribution < -0.4 is 10.6 Å². The van der Waals surface area contributed by atoms with Gasteiger partial charge in [-0.2, -0.15) is 0 Å². The highest BCUT2D eigenvalue weighted by atomic mass is 16.6. The normalized spacial score (nSPS) is 10.7. The second-order valence-corrected chi connectivity index (χ2v) is 4.47. The highest BCUT2D eigenvalue weighted by Crippen LogP contribution is 2.30. The molecular weight excluding hydrogens is 256 g/mol. The number of fused-ring (bicyclic) bond motifs is 1. The molecule has 106 valence electrons. The van der Waals surface area contributed by atoms with Crippen LogP contribution in [0, 0.1) is 10.1 Å². The second-order valence-electron chi connectivity index (χ2n) is 4.47. The number of nitrogens with one attached hydrogen (secondary N) is 2. The Morgan fingerprint density at radius 1 is 1.25 bits per heavy atom. The van der Waals surface area contributed by atoms with E-state index in [-0.39, 0.29) is 5.69 Å². The van der Waals surface area contributed by atoms with Crippen LogP contribution in [-0.4, -0.2) is 29.5 Å². The summed E-state index contributed by atoms with van der Waals surface area (Å²) >= 11 is 0.